The van der Waals surface area contributed by atoms with Crippen LogP contribution in [0.2, 0.25) is 0 Å². The molecule has 3 heterocycles. The van der Waals surface area contributed by atoms with Gasteiger partial charge in [-0.3, -0.25) is 4.79 Å². The highest BCUT2D eigenvalue weighted by Gasteiger charge is 2.36. The minimum absolute atomic E-state index is 0.0735. The van der Waals surface area contributed by atoms with Gasteiger partial charge < -0.3 is 20.5 Å². The number of nitrogens with two attached hydrogens (primary N) is 1. The highest BCUT2D eigenvalue weighted by Crippen LogP contribution is 2.35. The molecule has 0 spiro atoms. The largest absolute Gasteiger partial charge is 0.497 e. The standard InChI is InChI=1S/C18H21N5O3S/c1-26-13-4-2-3-12(9-13)14(22-7-5-11(6-8-22)16(19)24)15-17(25)23-18(27-15)20-10-21-23/h2-4,9-11,14,25H,5-8H2,1H3,(H2,19,24)/p+1/t14-/m1/s1. The maximum absolute atomic E-state index is 11.5. The number of ether oxygens (including phenoxy) is 1. The molecule has 0 saturated carbocycles. The van der Waals surface area contributed by atoms with Crippen LogP contribution in [0.15, 0.2) is 30.6 Å². The highest BCUT2D eigenvalue weighted by atomic mass is 32.1. The van der Waals surface area contributed by atoms with E-state index in [2.05, 4.69) is 10.1 Å². The van der Waals surface area contributed by atoms with Gasteiger partial charge in [0.2, 0.25) is 16.7 Å². The number of piperidine rings is 1. The van der Waals surface area contributed by atoms with Crippen LogP contribution in [0.4, 0.5) is 0 Å². The normalized spacial score (nSPS) is 21.2. The first kappa shape index (κ1) is 17.7. The molecule has 3 aromatic rings. The number of hydrogen-bond acceptors (Lipinski definition) is 6. The molecule has 0 bridgehead atoms. The van der Waals surface area contributed by atoms with E-state index in [1.54, 1.807) is 7.11 Å². The Morgan fingerprint density at radius 1 is 1.44 bits per heavy atom. The maximum Gasteiger partial charge on any atom is 0.235 e. The number of thiazole rings is 1. The summed E-state index contributed by atoms with van der Waals surface area (Å²) in [5.74, 6) is 0.581. The Bertz CT molecular complexity index is 961. The van der Waals surface area contributed by atoms with Gasteiger partial charge in [0, 0.05) is 24.3 Å². The van der Waals surface area contributed by atoms with Gasteiger partial charge in [-0.25, -0.2) is 4.98 Å². The Morgan fingerprint density at radius 3 is 2.89 bits per heavy atom. The van der Waals surface area contributed by atoms with Gasteiger partial charge in [-0.1, -0.05) is 23.5 Å². The number of benzene rings is 1. The van der Waals surface area contributed by atoms with Crippen molar-refractivity contribution in [1.29, 1.82) is 0 Å². The van der Waals surface area contributed by atoms with Crippen molar-refractivity contribution in [2.24, 2.45) is 11.7 Å². The van der Waals surface area contributed by atoms with Crippen LogP contribution in [-0.4, -0.2) is 45.8 Å². The maximum atomic E-state index is 11.5. The predicted molar refractivity (Wildman–Crippen MR) is 100.0 cm³/mol. The molecule has 27 heavy (non-hydrogen) atoms. The van der Waals surface area contributed by atoms with Gasteiger partial charge in [0.25, 0.3) is 0 Å². The Balaban J connectivity index is 1.74. The molecule has 4 N–H and O–H groups in total. The van der Waals surface area contributed by atoms with Crippen molar-refractivity contribution >= 4 is 22.2 Å². The summed E-state index contributed by atoms with van der Waals surface area (Å²) >= 11 is 1.43. The fourth-order valence-electron chi connectivity index (χ4n) is 3.84. The number of methoxy groups -OCH3 is 1. The molecule has 0 radical (unpaired) electrons. The number of carbonyl (C=O) groups excluding carboxylic acids is 1. The third kappa shape index (κ3) is 3.24. The zero-order chi connectivity index (χ0) is 19.0. The van der Waals surface area contributed by atoms with Crippen molar-refractivity contribution in [2.75, 3.05) is 20.2 Å². The van der Waals surface area contributed by atoms with Crippen LogP contribution in [-0.2, 0) is 4.79 Å². The van der Waals surface area contributed by atoms with Crippen LogP contribution in [0.1, 0.15) is 29.3 Å². The zero-order valence-electron chi connectivity index (χ0n) is 15.0. The van der Waals surface area contributed by atoms with Crippen molar-refractivity contribution < 1.29 is 19.5 Å². The number of hydrogen-bond donors (Lipinski definition) is 3. The second-order valence-corrected chi connectivity index (χ2v) is 7.80. The topological polar surface area (TPSA) is 107 Å². The van der Waals surface area contributed by atoms with E-state index in [0.717, 1.165) is 42.1 Å². The highest BCUT2D eigenvalue weighted by molar-refractivity contribution is 7.17. The lowest BCUT2D eigenvalue weighted by atomic mass is 9.93. The minimum atomic E-state index is -0.228. The van der Waals surface area contributed by atoms with Crippen LogP contribution in [0.5, 0.6) is 11.6 Å². The number of nitrogens with one attached hydrogen (secondary N) is 1. The van der Waals surface area contributed by atoms with E-state index in [0.29, 0.717) is 4.96 Å². The number of quaternary nitrogens is 1. The molecular weight excluding hydrogens is 366 g/mol. The average Bonchev–Trinajstić information content (AvgIpc) is 3.26. The van der Waals surface area contributed by atoms with Crippen LogP contribution >= 0.6 is 11.3 Å². The third-order valence-electron chi connectivity index (χ3n) is 5.27. The van der Waals surface area contributed by atoms with Crippen LogP contribution in [0.3, 0.4) is 0 Å². The number of aromatic hydroxyl groups is 1. The number of nitrogens with zero attached hydrogens (tertiary/aromatic N) is 3. The Kier molecular flexibility index (Phi) is 4.71. The van der Waals surface area contributed by atoms with Gasteiger partial charge >= 0.3 is 0 Å². The van der Waals surface area contributed by atoms with E-state index in [9.17, 15) is 9.90 Å². The molecule has 1 aromatic carbocycles. The van der Waals surface area contributed by atoms with Gasteiger partial charge in [-0.2, -0.15) is 9.61 Å². The summed E-state index contributed by atoms with van der Waals surface area (Å²) in [6.45, 7) is 1.59. The molecule has 8 nitrogen and oxygen atoms in total. The molecule has 1 saturated heterocycles. The molecule has 1 aliphatic heterocycles. The number of primary amides is 1. The molecule has 0 unspecified atom stereocenters. The summed E-state index contributed by atoms with van der Waals surface area (Å²) in [7, 11) is 1.64. The lowest BCUT2D eigenvalue weighted by Gasteiger charge is -2.33. The van der Waals surface area contributed by atoms with Crippen molar-refractivity contribution in [3.05, 3.63) is 41.0 Å². The van der Waals surface area contributed by atoms with Gasteiger partial charge in [-0.05, 0) is 12.1 Å². The second-order valence-electron chi connectivity index (χ2n) is 6.79. The second kappa shape index (κ2) is 7.16. The monoisotopic (exact) mass is 388 g/mol. The summed E-state index contributed by atoms with van der Waals surface area (Å²) < 4.78 is 6.85. The van der Waals surface area contributed by atoms with Gasteiger partial charge in [0.1, 0.15) is 17.0 Å². The molecule has 4 rings (SSSR count). The van der Waals surface area contributed by atoms with E-state index >= 15 is 0 Å². The molecular formula is C18H22N5O3S+. The first-order valence-electron chi connectivity index (χ1n) is 8.87. The molecule has 0 aliphatic carbocycles. The summed E-state index contributed by atoms with van der Waals surface area (Å²) in [5, 5.41) is 14.9. The molecule has 1 aliphatic rings. The van der Waals surface area contributed by atoms with Crippen LogP contribution in [0.25, 0.3) is 4.96 Å². The van der Waals surface area contributed by atoms with Crippen molar-refractivity contribution in [2.45, 2.75) is 18.9 Å². The first-order valence-corrected chi connectivity index (χ1v) is 9.69. The number of amides is 1. The molecule has 9 heteroatoms. The molecule has 1 atom stereocenters. The minimum Gasteiger partial charge on any atom is -0.497 e. The number of fused-ring (bicyclic) bond motifs is 1. The van der Waals surface area contributed by atoms with Gasteiger partial charge in [0.05, 0.1) is 20.2 Å². The predicted octanol–water partition coefficient (Wildman–Crippen LogP) is 0.375. The third-order valence-corrected chi connectivity index (χ3v) is 6.37. The molecule has 1 amide bonds. The van der Waals surface area contributed by atoms with E-state index in [4.69, 9.17) is 10.5 Å². The van der Waals surface area contributed by atoms with E-state index in [1.807, 2.05) is 24.3 Å². The van der Waals surface area contributed by atoms with Crippen molar-refractivity contribution in [3.8, 4) is 11.6 Å². The van der Waals surface area contributed by atoms with Crippen molar-refractivity contribution in [1.82, 2.24) is 14.6 Å². The molecule has 2 aromatic heterocycles. The summed E-state index contributed by atoms with van der Waals surface area (Å²) in [4.78, 5) is 18.5. The smallest absolute Gasteiger partial charge is 0.235 e. The summed E-state index contributed by atoms with van der Waals surface area (Å²) in [6.07, 6.45) is 2.92. The lowest BCUT2D eigenvalue weighted by Crippen LogP contribution is -3.13. The number of carbonyl (C=O) groups is 1. The summed E-state index contributed by atoms with van der Waals surface area (Å²) in [5.41, 5.74) is 6.53. The van der Waals surface area contributed by atoms with Crippen molar-refractivity contribution in [3.63, 3.8) is 0 Å². The van der Waals surface area contributed by atoms with Gasteiger partial charge in [-0.15, -0.1) is 0 Å². The fraction of sp³-hybridized carbons (Fsp3) is 0.389. The SMILES string of the molecule is COc1cccc([C@H](c2sc3ncnn3c2O)[NH+]2CCC(C(N)=O)CC2)c1. The Labute approximate surface area is 160 Å². The lowest BCUT2D eigenvalue weighted by molar-refractivity contribution is -0.930. The van der Waals surface area contributed by atoms with Crippen LogP contribution < -0.4 is 15.4 Å². The number of aromatic nitrogens is 3. The quantitative estimate of drug-likeness (QED) is 0.586. The van der Waals surface area contributed by atoms with Gasteiger partial charge in [0.15, 0.2) is 6.04 Å². The zero-order valence-corrected chi connectivity index (χ0v) is 15.8. The van der Waals surface area contributed by atoms with E-state index < -0.39 is 0 Å². The first-order chi connectivity index (χ1) is 13.1. The Morgan fingerprint density at radius 2 is 2.22 bits per heavy atom. The van der Waals surface area contributed by atoms with E-state index in [-0.39, 0.29) is 23.7 Å². The summed E-state index contributed by atoms with van der Waals surface area (Å²) in [6, 6.07) is 7.79. The number of likely N-dealkylation sites (tertiary alicyclic amines) is 1. The Hall–Kier alpha value is -2.65. The average molecular weight is 388 g/mol. The molecule has 1 fully saturated rings. The van der Waals surface area contributed by atoms with Crippen LogP contribution in [0, 0.1) is 5.92 Å². The molecule has 142 valence electrons. The fourth-order valence-corrected chi connectivity index (χ4v) is 4.95. The number of rotatable bonds is 5. The van der Waals surface area contributed by atoms with E-state index in [1.165, 1.54) is 27.1 Å².